The molecule has 86 valence electrons. The maximum atomic E-state index is 4.68. The van der Waals surface area contributed by atoms with Crippen molar-refractivity contribution in [2.45, 2.75) is 20.8 Å². The number of aryl methyl sites for hydroxylation is 3. The highest BCUT2D eigenvalue weighted by molar-refractivity contribution is 7.15. The summed E-state index contributed by atoms with van der Waals surface area (Å²) in [4.78, 5) is 5.74. The Kier molecular flexibility index (Phi) is 2.30. The van der Waals surface area contributed by atoms with Crippen molar-refractivity contribution in [1.29, 1.82) is 0 Å². The van der Waals surface area contributed by atoms with Gasteiger partial charge in [0.05, 0.1) is 5.69 Å². The third-order valence-electron chi connectivity index (χ3n) is 3.05. The average Bonchev–Trinajstić information content (AvgIpc) is 2.81. The molecule has 3 aromatic rings. The van der Waals surface area contributed by atoms with Gasteiger partial charge >= 0.3 is 0 Å². The Bertz CT molecular complexity index is 691. The summed E-state index contributed by atoms with van der Waals surface area (Å²) in [6.07, 6.45) is 2.12. The van der Waals surface area contributed by atoms with Gasteiger partial charge in [-0.25, -0.2) is 4.98 Å². The second kappa shape index (κ2) is 3.70. The number of imidazole rings is 1. The molecule has 2 heterocycles. The third-order valence-corrected chi connectivity index (χ3v) is 4.00. The van der Waals surface area contributed by atoms with Gasteiger partial charge in [-0.1, -0.05) is 23.8 Å². The summed E-state index contributed by atoms with van der Waals surface area (Å²) in [5.41, 5.74) is 6.12. The third kappa shape index (κ3) is 1.67. The van der Waals surface area contributed by atoms with Gasteiger partial charge in [-0.05, 0) is 26.3 Å². The Morgan fingerprint density at radius 2 is 2.00 bits per heavy atom. The molecule has 0 N–H and O–H groups in total. The number of fused-ring (bicyclic) bond motifs is 1. The van der Waals surface area contributed by atoms with Crippen molar-refractivity contribution in [3.8, 4) is 11.3 Å². The molecule has 0 bridgehead atoms. The van der Waals surface area contributed by atoms with E-state index < -0.39 is 0 Å². The number of rotatable bonds is 1. The number of hydrogen-bond donors (Lipinski definition) is 0. The zero-order chi connectivity index (χ0) is 12.0. The largest absolute Gasteiger partial charge is 0.294 e. The zero-order valence-electron chi connectivity index (χ0n) is 10.2. The van der Waals surface area contributed by atoms with E-state index in [4.69, 9.17) is 0 Å². The van der Waals surface area contributed by atoms with Crippen LogP contribution in [0.3, 0.4) is 0 Å². The molecule has 1 aromatic carbocycles. The molecule has 0 unspecified atom stereocenters. The smallest absolute Gasteiger partial charge is 0.194 e. The molecule has 0 spiro atoms. The highest BCUT2D eigenvalue weighted by Gasteiger charge is 2.09. The summed E-state index contributed by atoms with van der Waals surface area (Å²) in [7, 11) is 0. The molecule has 17 heavy (non-hydrogen) atoms. The minimum absolute atomic E-state index is 1.07. The number of hydrogen-bond acceptors (Lipinski definition) is 2. The SMILES string of the molecule is Cc1ccc(-c2cn3c(C)csc3n2)c(C)c1. The minimum atomic E-state index is 1.07. The molecule has 0 atom stereocenters. The highest BCUT2D eigenvalue weighted by atomic mass is 32.1. The predicted octanol–water partition coefficient (Wildman–Crippen LogP) is 3.99. The summed E-state index contributed by atoms with van der Waals surface area (Å²) < 4.78 is 2.15. The van der Waals surface area contributed by atoms with E-state index in [1.165, 1.54) is 22.4 Å². The van der Waals surface area contributed by atoms with Crippen molar-refractivity contribution in [1.82, 2.24) is 9.38 Å². The second-order valence-electron chi connectivity index (χ2n) is 4.47. The zero-order valence-corrected chi connectivity index (χ0v) is 11.0. The van der Waals surface area contributed by atoms with Crippen LogP contribution in [0.1, 0.15) is 16.8 Å². The van der Waals surface area contributed by atoms with Crippen molar-refractivity contribution in [2.75, 3.05) is 0 Å². The Morgan fingerprint density at radius 3 is 2.71 bits per heavy atom. The van der Waals surface area contributed by atoms with Crippen molar-refractivity contribution >= 4 is 16.3 Å². The Hall–Kier alpha value is -1.61. The lowest BCUT2D eigenvalue weighted by atomic mass is 10.0. The van der Waals surface area contributed by atoms with E-state index in [-0.39, 0.29) is 0 Å². The lowest BCUT2D eigenvalue weighted by molar-refractivity contribution is 1.13. The first-order valence-corrected chi connectivity index (χ1v) is 6.54. The first-order chi connectivity index (χ1) is 8.15. The van der Waals surface area contributed by atoms with Crippen LogP contribution in [0.15, 0.2) is 29.8 Å². The minimum Gasteiger partial charge on any atom is -0.294 e. The van der Waals surface area contributed by atoms with Crippen LogP contribution in [0.5, 0.6) is 0 Å². The Labute approximate surface area is 105 Å². The quantitative estimate of drug-likeness (QED) is 0.630. The molecule has 0 aliphatic carbocycles. The first kappa shape index (κ1) is 10.5. The molecule has 0 saturated heterocycles. The first-order valence-electron chi connectivity index (χ1n) is 5.66. The topological polar surface area (TPSA) is 17.3 Å². The molecular formula is C14H14N2S. The number of aromatic nitrogens is 2. The van der Waals surface area contributed by atoms with Gasteiger partial charge in [-0.3, -0.25) is 4.40 Å². The van der Waals surface area contributed by atoms with E-state index in [9.17, 15) is 0 Å². The standard InChI is InChI=1S/C14H14N2S/c1-9-4-5-12(10(2)6-9)13-7-16-11(3)8-17-14(16)15-13/h4-8H,1-3H3. The summed E-state index contributed by atoms with van der Waals surface area (Å²) >= 11 is 1.69. The van der Waals surface area contributed by atoms with Crippen LogP contribution in [0.25, 0.3) is 16.2 Å². The van der Waals surface area contributed by atoms with Crippen LogP contribution in [-0.4, -0.2) is 9.38 Å². The van der Waals surface area contributed by atoms with E-state index in [0.717, 1.165) is 10.7 Å². The van der Waals surface area contributed by atoms with Crippen LogP contribution in [0.4, 0.5) is 0 Å². The van der Waals surface area contributed by atoms with Crippen LogP contribution in [-0.2, 0) is 0 Å². The second-order valence-corrected chi connectivity index (χ2v) is 5.31. The fourth-order valence-electron chi connectivity index (χ4n) is 2.12. The van der Waals surface area contributed by atoms with E-state index in [2.05, 4.69) is 59.9 Å². The van der Waals surface area contributed by atoms with Gasteiger partial charge in [-0.15, -0.1) is 11.3 Å². The molecule has 3 heteroatoms. The molecule has 0 saturated carbocycles. The number of nitrogens with zero attached hydrogens (tertiary/aromatic N) is 2. The van der Waals surface area contributed by atoms with E-state index in [1.807, 2.05) is 0 Å². The van der Waals surface area contributed by atoms with Crippen LogP contribution < -0.4 is 0 Å². The van der Waals surface area contributed by atoms with Crippen LogP contribution in [0, 0.1) is 20.8 Å². The number of benzene rings is 1. The van der Waals surface area contributed by atoms with Crippen molar-refractivity contribution in [2.24, 2.45) is 0 Å². The molecule has 3 rings (SSSR count). The predicted molar refractivity (Wildman–Crippen MR) is 72.7 cm³/mol. The highest BCUT2D eigenvalue weighted by Crippen LogP contribution is 2.26. The Balaban J connectivity index is 2.20. The van der Waals surface area contributed by atoms with Crippen LogP contribution in [0.2, 0.25) is 0 Å². The normalized spacial score (nSPS) is 11.2. The lowest BCUT2D eigenvalue weighted by Gasteiger charge is -2.03. The van der Waals surface area contributed by atoms with E-state index >= 15 is 0 Å². The molecule has 0 radical (unpaired) electrons. The summed E-state index contributed by atoms with van der Waals surface area (Å²) in [6.45, 7) is 6.37. The fourth-order valence-corrected chi connectivity index (χ4v) is 2.98. The summed E-state index contributed by atoms with van der Waals surface area (Å²) in [5, 5.41) is 2.13. The maximum Gasteiger partial charge on any atom is 0.194 e. The summed E-state index contributed by atoms with van der Waals surface area (Å²) in [5.74, 6) is 0. The molecular weight excluding hydrogens is 228 g/mol. The fraction of sp³-hybridized carbons (Fsp3) is 0.214. The van der Waals surface area contributed by atoms with Crippen LogP contribution >= 0.6 is 11.3 Å². The van der Waals surface area contributed by atoms with Crippen molar-refractivity contribution in [3.63, 3.8) is 0 Å². The van der Waals surface area contributed by atoms with Gasteiger partial charge < -0.3 is 0 Å². The van der Waals surface area contributed by atoms with Gasteiger partial charge in [0.2, 0.25) is 0 Å². The number of thiazole rings is 1. The monoisotopic (exact) mass is 242 g/mol. The molecule has 0 fully saturated rings. The molecule has 0 aliphatic rings. The van der Waals surface area contributed by atoms with Gasteiger partial charge in [0, 0.05) is 22.8 Å². The average molecular weight is 242 g/mol. The molecule has 2 aromatic heterocycles. The summed E-state index contributed by atoms with van der Waals surface area (Å²) in [6, 6.07) is 6.50. The van der Waals surface area contributed by atoms with E-state index in [1.54, 1.807) is 11.3 Å². The van der Waals surface area contributed by atoms with Gasteiger partial charge in [0.1, 0.15) is 0 Å². The molecule has 2 nitrogen and oxygen atoms in total. The van der Waals surface area contributed by atoms with Gasteiger partial charge in [-0.2, -0.15) is 0 Å². The van der Waals surface area contributed by atoms with Crippen molar-refractivity contribution in [3.05, 3.63) is 46.6 Å². The molecule has 0 aliphatic heterocycles. The lowest BCUT2D eigenvalue weighted by Crippen LogP contribution is -1.84. The molecule has 0 amide bonds. The maximum absolute atomic E-state index is 4.68. The van der Waals surface area contributed by atoms with E-state index in [0.29, 0.717) is 0 Å². The van der Waals surface area contributed by atoms with Gasteiger partial charge in [0.25, 0.3) is 0 Å². The Morgan fingerprint density at radius 1 is 1.18 bits per heavy atom. The van der Waals surface area contributed by atoms with Crippen molar-refractivity contribution < 1.29 is 0 Å². The van der Waals surface area contributed by atoms with Gasteiger partial charge in [0.15, 0.2) is 4.96 Å².